The number of hydrogen-bond acceptors (Lipinski definition) is 3. The summed E-state index contributed by atoms with van der Waals surface area (Å²) < 4.78 is 7.06. The molecule has 112 valence electrons. The van der Waals surface area contributed by atoms with Crippen molar-refractivity contribution in [3.8, 4) is 0 Å². The second-order valence-corrected chi connectivity index (χ2v) is 7.71. The Morgan fingerprint density at radius 1 is 1.20 bits per heavy atom. The normalized spacial score (nSPS) is 22.6. The Labute approximate surface area is 130 Å². The van der Waals surface area contributed by atoms with Crippen LogP contribution in [0.2, 0.25) is 0 Å². The number of aliphatic hydroxyl groups is 1. The highest BCUT2D eigenvalue weighted by Gasteiger charge is 2.38. The van der Waals surface area contributed by atoms with Gasteiger partial charge in [0.05, 0.1) is 17.3 Å². The van der Waals surface area contributed by atoms with Gasteiger partial charge in [0.15, 0.2) is 0 Å². The van der Waals surface area contributed by atoms with E-state index < -0.39 is 6.10 Å². The van der Waals surface area contributed by atoms with E-state index in [0.29, 0.717) is 0 Å². The molecule has 1 N–H and O–H groups in total. The topological polar surface area (TPSA) is 32.7 Å². The third-order valence-electron chi connectivity index (χ3n) is 3.50. The van der Waals surface area contributed by atoms with Crippen LogP contribution in [0.4, 0.5) is 5.69 Å². The van der Waals surface area contributed by atoms with Gasteiger partial charge < -0.3 is 14.7 Å². The van der Waals surface area contributed by atoms with Crippen LogP contribution in [0.5, 0.6) is 0 Å². The number of nitrogens with zero attached hydrogens (tertiary/aromatic N) is 1. The van der Waals surface area contributed by atoms with Crippen LogP contribution in [0.25, 0.3) is 0 Å². The van der Waals surface area contributed by atoms with Gasteiger partial charge in [-0.25, -0.2) is 0 Å². The van der Waals surface area contributed by atoms with E-state index in [1.54, 1.807) is 6.92 Å². The Morgan fingerprint density at radius 3 is 2.20 bits per heavy atom. The van der Waals surface area contributed by atoms with Crippen molar-refractivity contribution in [2.75, 3.05) is 18.0 Å². The van der Waals surface area contributed by atoms with E-state index in [1.165, 1.54) is 0 Å². The minimum Gasteiger partial charge on any atom is -0.389 e. The Bertz CT molecular complexity index is 481. The van der Waals surface area contributed by atoms with Gasteiger partial charge in [-0.1, -0.05) is 22.0 Å². The lowest BCUT2D eigenvalue weighted by molar-refractivity contribution is -0.133. The summed E-state index contributed by atoms with van der Waals surface area (Å²) in [4.78, 5) is 2.35. The van der Waals surface area contributed by atoms with Crippen molar-refractivity contribution in [1.29, 1.82) is 0 Å². The average Bonchev–Trinajstić information content (AvgIpc) is 2.23. The van der Waals surface area contributed by atoms with E-state index >= 15 is 0 Å². The van der Waals surface area contributed by atoms with Crippen molar-refractivity contribution in [2.24, 2.45) is 0 Å². The van der Waals surface area contributed by atoms with Crippen LogP contribution in [-0.2, 0) is 4.74 Å². The molecule has 4 heteroatoms. The van der Waals surface area contributed by atoms with Gasteiger partial charge in [-0.15, -0.1) is 0 Å². The van der Waals surface area contributed by atoms with Crippen molar-refractivity contribution >= 4 is 21.6 Å². The molecule has 1 atom stereocenters. The number of halogens is 1. The predicted octanol–water partition coefficient (Wildman–Crippen LogP) is 3.90. The van der Waals surface area contributed by atoms with Crippen molar-refractivity contribution in [3.05, 3.63) is 28.2 Å². The zero-order valence-electron chi connectivity index (χ0n) is 12.9. The maximum absolute atomic E-state index is 9.71. The molecule has 1 aliphatic heterocycles. The molecule has 0 amide bonds. The zero-order valence-corrected chi connectivity index (χ0v) is 14.5. The Kier molecular flexibility index (Phi) is 4.20. The molecule has 0 saturated carbocycles. The molecule has 20 heavy (non-hydrogen) atoms. The number of rotatable bonds is 2. The summed E-state index contributed by atoms with van der Waals surface area (Å²) in [5.74, 6) is 0. The lowest BCUT2D eigenvalue weighted by Gasteiger charge is -2.48. The first-order valence-corrected chi connectivity index (χ1v) is 7.82. The second-order valence-electron chi connectivity index (χ2n) is 6.86. The predicted molar refractivity (Wildman–Crippen MR) is 86.2 cm³/mol. The van der Waals surface area contributed by atoms with Crippen molar-refractivity contribution < 1.29 is 9.84 Å². The fourth-order valence-electron chi connectivity index (χ4n) is 3.02. The van der Waals surface area contributed by atoms with E-state index in [0.717, 1.165) is 28.8 Å². The van der Waals surface area contributed by atoms with Crippen LogP contribution in [0.15, 0.2) is 22.7 Å². The third kappa shape index (κ3) is 3.54. The molecule has 1 fully saturated rings. The first kappa shape index (κ1) is 15.8. The molecular formula is C16H24BrNO2. The summed E-state index contributed by atoms with van der Waals surface area (Å²) in [7, 11) is 0. The van der Waals surface area contributed by atoms with Gasteiger partial charge >= 0.3 is 0 Å². The maximum Gasteiger partial charge on any atom is 0.0808 e. The number of benzene rings is 1. The van der Waals surface area contributed by atoms with Gasteiger partial charge in [0.2, 0.25) is 0 Å². The molecule has 1 aliphatic rings. The summed E-state index contributed by atoms with van der Waals surface area (Å²) in [6.45, 7) is 12.0. The molecule has 0 radical (unpaired) electrons. The van der Waals surface area contributed by atoms with Crippen LogP contribution in [0.3, 0.4) is 0 Å². The minimum atomic E-state index is -0.462. The quantitative estimate of drug-likeness (QED) is 0.885. The van der Waals surface area contributed by atoms with E-state index in [2.05, 4.69) is 60.7 Å². The maximum atomic E-state index is 9.71. The van der Waals surface area contributed by atoms with Gasteiger partial charge in [0.25, 0.3) is 0 Å². The monoisotopic (exact) mass is 341 g/mol. The first-order valence-electron chi connectivity index (χ1n) is 7.02. The average molecular weight is 342 g/mol. The van der Waals surface area contributed by atoms with Crippen molar-refractivity contribution in [3.63, 3.8) is 0 Å². The Balaban J connectivity index is 2.29. The molecule has 0 unspecified atom stereocenters. The summed E-state index contributed by atoms with van der Waals surface area (Å²) in [5, 5.41) is 9.71. The highest BCUT2D eigenvalue weighted by atomic mass is 79.9. The molecule has 0 aromatic heterocycles. The molecule has 0 bridgehead atoms. The SMILES string of the molecule is C[C@H](O)c1ccc(N2CC(C)(C)OC(C)(C)C2)cc1Br. The van der Waals surface area contributed by atoms with Gasteiger partial charge in [0.1, 0.15) is 0 Å². The second kappa shape index (κ2) is 5.32. The molecule has 3 nitrogen and oxygen atoms in total. The third-order valence-corrected chi connectivity index (χ3v) is 4.18. The number of ether oxygens (including phenoxy) is 1. The van der Waals surface area contributed by atoms with Gasteiger partial charge in [-0.3, -0.25) is 0 Å². The highest BCUT2D eigenvalue weighted by molar-refractivity contribution is 9.10. The van der Waals surface area contributed by atoms with Gasteiger partial charge in [-0.05, 0) is 52.3 Å². The van der Waals surface area contributed by atoms with E-state index in [1.807, 2.05) is 6.07 Å². The van der Waals surface area contributed by atoms with E-state index in [9.17, 15) is 5.11 Å². The van der Waals surface area contributed by atoms with Crippen LogP contribution in [0, 0.1) is 0 Å². The molecular weight excluding hydrogens is 318 g/mol. The lowest BCUT2D eigenvalue weighted by Crippen LogP contribution is -2.57. The molecule has 1 saturated heterocycles. The first-order chi connectivity index (χ1) is 9.10. The Hall–Kier alpha value is -0.580. The highest BCUT2D eigenvalue weighted by Crippen LogP contribution is 2.34. The summed E-state index contributed by atoms with van der Waals surface area (Å²) >= 11 is 3.55. The van der Waals surface area contributed by atoms with Crippen LogP contribution in [0.1, 0.15) is 46.3 Å². The Morgan fingerprint density at radius 2 is 1.75 bits per heavy atom. The van der Waals surface area contributed by atoms with Crippen LogP contribution >= 0.6 is 15.9 Å². The lowest BCUT2D eigenvalue weighted by atomic mass is 9.98. The molecule has 0 aliphatic carbocycles. The van der Waals surface area contributed by atoms with E-state index in [-0.39, 0.29) is 11.2 Å². The number of anilines is 1. The fourth-order valence-corrected chi connectivity index (χ4v) is 3.72. The molecule has 1 aromatic rings. The molecule has 0 spiro atoms. The summed E-state index contributed by atoms with van der Waals surface area (Å²) in [6.07, 6.45) is -0.462. The summed E-state index contributed by atoms with van der Waals surface area (Å²) in [6, 6.07) is 6.14. The van der Waals surface area contributed by atoms with E-state index in [4.69, 9.17) is 4.74 Å². The standard InChI is InChI=1S/C16H24BrNO2/c1-11(19)13-7-6-12(8-14(13)17)18-9-15(2,3)20-16(4,5)10-18/h6-8,11,19H,9-10H2,1-5H3/t11-/m0/s1. The van der Waals surface area contributed by atoms with Crippen molar-refractivity contribution in [2.45, 2.75) is 51.9 Å². The number of morpholine rings is 1. The molecule has 2 rings (SSSR count). The molecule has 1 heterocycles. The zero-order chi connectivity index (χ0) is 15.1. The largest absolute Gasteiger partial charge is 0.389 e. The van der Waals surface area contributed by atoms with Gasteiger partial charge in [0, 0.05) is 23.2 Å². The van der Waals surface area contributed by atoms with Crippen molar-refractivity contribution in [1.82, 2.24) is 0 Å². The van der Waals surface area contributed by atoms with Crippen LogP contribution < -0.4 is 4.90 Å². The number of hydrogen-bond donors (Lipinski definition) is 1. The molecule has 1 aromatic carbocycles. The fraction of sp³-hybridized carbons (Fsp3) is 0.625. The minimum absolute atomic E-state index is 0.169. The number of aliphatic hydroxyl groups excluding tert-OH is 1. The van der Waals surface area contributed by atoms with Crippen LogP contribution in [-0.4, -0.2) is 29.4 Å². The smallest absolute Gasteiger partial charge is 0.0808 e. The van der Waals surface area contributed by atoms with Gasteiger partial charge in [-0.2, -0.15) is 0 Å². The summed E-state index contributed by atoms with van der Waals surface area (Å²) in [5.41, 5.74) is 1.74.